The number of benzene rings is 1. The van der Waals surface area contributed by atoms with E-state index in [2.05, 4.69) is 10.2 Å². The van der Waals surface area contributed by atoms with E-state index in [9.17, 15) is 4.79 Å². The minimum atomic E-state index is -0.148. The molecular formula is C17H19N3O4. The fourth-order valence-corrected chi connectivity index (χ4v) is 2.76. The highest BCUT2D eigenvalue weighted by molar-refractivity contribution is 5.92. The van der Waals surface area contributed by atoms with Gasteiger partial charge in [-0.05, 0) is 35.7 Å². The topological polar surface area (TPSA) is 73.8 Å². The zero-order valence-electron chi connectivity index (χ0n) is 13.9. The van der Waals surface area contributed by atoms with Gasteiger partial charge in [-0.25, -0.2) is 0 Å². The van der Waals surface area contributed by atoms with Crippen LogP contribution < -0.4 is 14.2 Å². The van der Waals surface area contributed by atoms with E-state index in [1.165, 1.54) is 7.11 Å². The predicted octanol–water partition coefficient (Wildman–Crippen LogP) is 1.70. The smallest absolute Gasteiger partial charge is 0.274 e. The molecule has 0 fully saturated rings. The Balaban J connectivity index is 1.82. The third-order valence-electron chi connectivity index (χ3n) is 4.07. The van der Waals surface area contributed by atoms with Crippen molar-refractivity contribution in [1.82, 2.24) is 15.1 Å². The molecule has 24 heavy (non-hydrogen) atoms. The number of amides is 1. The van der Waals surface area contributed by atoms with Crippen LogP contribution in [0.15, 0.2) is 24.3 Å². The second kappa shape index (κ2) is 6.74. The molecule has 0 unspecified atom stereocenters. The Morgan fingerprint density at radius 2 is 1.71 bits per heavy atom. The van der Waals surface area contributed by atoms with E-state index in [1.54, 1.807) is 31.3 Å². The Morgan fingerprint density at radius 1 is 1.00 bits per heavy atom. The van der Waals surface area contributed by atoms with Gasteiger partial charge >= 0.3 is 0 Å². The summed E-state index contributed by atoms with van der Waals surface area (Å²) in [6, 6.07) is 7.15. The lowest BCUT2D eigenvalue weighted by Crippen LogP contribution is -2.36. The monoisotopic (exact) mass is 329 g/mol. The van der Waals surface area contributed by atoms with Gasteiger partial charge in [0, 0.05) is 19.2 Å². The van der Waals surface area contributed by atoms with Crippen LogP contribution in [0.3, 0.4) is 0 Å². The second-order valence-electron chi connectivity index (χ2n) is 5.41. The average molecular weight is 329 g/mol. The molecule has 2 heterocycles. The van der Waals surface area contributed by atoms with E-state index in [4.69, 9.17) is 14.2 Å². The first-order valence-corrected chi connectivity index (χ1v) is 7.57. The lowest BCUT2D eigenvalue weighted by molar-refractivity contribution is 0.0727. The Kier molecular flexibility index (Phi) is 4.50. The van der Waals surface area contributed by atoms with Crippen LogP contribution in [-0.2, 0) is 13.0 Å². The number of fused-ring (bicyclic) bond motifs is 1. The maximum atomic E-state index is 12.6. The van der Waals surface area contributed by atoms with Gasteiger partial charge in [0.25, 0.3) is 5.91 Å². The van der Waals surface area contributed by atoms with E-state index in [0.717, 1.165) is 17.5 Å². The number of methoxy groups -OCH3 is 3. The molecule has 0 atom stereocenters. The Labute approximate surface area is 140 Å². The van der Waals surface area contributed by atoms with Crippen molar-refractivity contribution in [1.29, 1.82) is 0 Å². The summed E-state index contributed by atoms with van der Waals surface area (Å²) in [5, 5.41) is 7.78. The van der Waals surface area contributed by atoms with Gasteiger partial charge in [0.15, 0.2) is 17.2 Å². The lowest BCUT2D eigenvalue weighted by Gasteiger charge is -2.29. The van der Waals surface area contributed by atoms with Gasteiger partial charge in [-0.1, -0.05) is 0 Å². The molecule has 1 aromatic heterocycles. The summed E-state index contributed by atoms with van der Waals surface area (Å²) in [6.07, 6.45) is 0.755. The molecule has 0 spiro atoms. The molecule has 7 heteroatoms. The minimum Gasteiger partial charge on any atom is -0.493 e. The highest BCUT2D eigenvalue weighted by atomic mass is 16.5. The molecule has 0 saturated carbocycles. The first-order chi connectivity index (χ1) is 11.7. The van der Waals surface area contributed by atoms with Crippen LogP contribution in [-0.4, -0.2) is 48.9 Å². The fraction of sp³-hybridized carbons (Fsp3) is 0.353. The second-order valence-corrected chi connectivity index (χ2v) is 5.41. The van der Waals surface area contributed by atoms with Gasteiger partial charge in [-0.3, -0.25) is 4.79 Å². The van der Waals surface area contributed by atoms with Gasteiger partial charge in [0.05, 0.1) is 21.3 Å². The minimum absolute atomic E-state index is 0.148. The molecular weight excluding hydrogens is 310 g/mol. The first kappa shape index (κ1) is 16.0. The summed E-state index contributed by atoms with van der Waals surface area (Å²) in [7, 11) is 4.73. The van der Waals surface area contributed by atoms with E-state index in [-0.39, 0.29) is 5.91 Å². The summed E-state index contributed by atoms with van der Waals surface area (Å²) in [6.45, 7) is 1.12. The zero-order valence-corrected chi connectivity index (χ0v) is 13.9. The van der Waals surface area contributed by atoms with E-state index in [0.29, 0.717) is 36.2 Å². The Hall–Kier alpha value is -2.83. The molecule has 1 aromatic carbocycles. The zero-order chi connectivity index (χ0) is 17.1. The van der Waals surface area contributed by atoms with Crippen molar-refractivity contribution in [2.75, 3.05) is 27.9 Å². The van der Waals surface area contributed by atoms with Crippen LogP contribution in [0.1, 0.15) is 21.6 Å². The van der Waals surface area contributed by atoms with Crippen molar-refractivity contribution in [3.05, 3.63) is 41.1 Å². The normalized spacial score (nSPS) is 13.2. The van der Waals surface area contributed by atoms with Crippen LogP contribution in [0.2, 0.25) is 0 Å². The van der Waals surface area contributed by atoms with Crippen LogP contribution in [0.5, 0.6) is 17.4 Å². The molecule has 0 saturated heterocycles. The standard InChI is InChI=1S/C17H19N3O4/c1-22-14-8-11-6-7-20(10-12(11)9-15(14)23-2)17(21)13-4-5-16(24-3)19-18-13/h4-5,8-9H,6-7,10H2,1-3H3. The quantitative estimate of drug-likeness (QED) is 0.850. The fourth-order valence-electron chi connectivity index (χ4n) is 2.76. The number of ether oxygens (including phenoxy) is 3. The Morgan fingerprint density at radius 3 is 2.29 bits per heavy atom. The van der Waals surface area contributed by atoms with Crippen molar-refractivity contribution < 1.29 is 19.0 Å². The van der Waals surface area contributed by atoms with Gasteiger partial charge in [0.1, 0.15) is 0 Å². The van der Waals surface area contributed by atoms with Crippen molar-refractivity contribution in [2.45, 2.75) is 13.0 Å². The highest BCUT2D eigenvalue weighted by Gasteiger charge is 2.24. The number of hydrogen-bond acceptors (Lipinski definition) is 6. The lowest BCUT2D eigenvalue weighted by atomic mass is 9.98. The maximum Gasteiger partial charge on any atom is 0.274 e. The van der Waals surface area contributed by atoms with Crippen molar-refractivity contribution in [3.63, 3.8) is 0 Å². The van der Waals surface area contributed by atoms with E-state index in [1.807, 2.05) is 12.1 Å². The van der Waals surface area contributed by atoms with Gasteiger partial charge in [-0.15, -0.1) is 10.2 Å². The van der Waals surface area contributed by atoms with Crippen LogP contribution in [0.25, 0.3) is 0 Å². The number of rotatable bonds is 4. The third kappa shape index (κ3) is 2.97. The summed E-state index contributed by atoms with van der Waals surface area (Å²) >= 11 is 0. The predicted molar refractivity (Wildman–Crippen MR) is 86.6 cm³/mol. The molecule has 0 radical (unpaired) electrons. The molecule has 1 amide bonds. The maximum absolute atomic E-state index is 12.6. The molecule has 1 aliphatic heterocycles. The van der Waals surface area contributed by atoms with Crippen LogP contribution in [0.4, 0.5) is 0 Å². The highest BCUT2D eigenvalue weighted by Crippen LogP contribution is 2.33. The molecule has 0 aliphatic carbocycles. The van der Waals surface area contributed by atoms with E-state index < -0.39 is 0 Å². The molecule has 2 aromatic rings. The largest absolute Gasteiger partial charge is 0.493 e. The Bertz CT molecular complexity index is 746. The molecule has 0 bridgehead atoms. The van der Waals surface area contributed by atoms with Gasteiger partial charge in [-0.2, -0.15) is 0 Å². The molecule has 126 valence electrons. The summed E-state index contributed by atoms with van der Waals surface area (Å²) in [4.78, 5) is 14.4. The first-order valence-electron chi connectivity index (χ1n) is 7.57. The van der Waals surface area contributed by atoms with Gasteiger partial charge in [0.2, 0.25) is 5.88 Å². The van der Waals surface area contributed by atoms with E-state index >= 15 is 0 Å². The van der Waals surface area contributed by atoms with Crippen LogP contribution >= 0.6 is 0 Å². The number of aromatic nitrogens is 2. The molecule has 7 nitrogen and oxygen atoms in total. The SMILES string of the molecule is COc1ccc(C(=O)N2CCc3cc(OC)c(OC)cc3C2)nn1. The average Bonchev–Trinajstić information content (AvgIpc) is 2.65. The van der Waals surface area contributed by atoms with Crippen molar-refractivity contribution in [3.8, 4) is 17.4 Å². The van der Waals surface area contributed by atoms with Crippen LogP contribution in [0, 0.1) is 0 Å². The van der Waals surface area contributed by atoms with Crippen molar-refractivity contribution in [2.24, 2.45) is 0 Å². The van der Waals surface area contributed by atoms with Crippen molar-refractivity contribution >= 4 is 5.91 Å². The van der Waals surface area contributed by atoms with Gasteiger partial charge < -0.3 is 19.1 Å². The summed E-state index contributed by atoms with van der Waals surface area (Å²) in [5.41, 5.74) is 2.52. The third-order valence-corrected chi connectivity index (χ3v) is 4.07. The summed E-state index contributed by atoms with van der Waals surface area (Å²) in [5.74, 6) is 1.60. The number of carbonyl (C=O) groups excluding carboxylic acids is 1. The molecule has 3 rings (SSSR count). The number of nitrogens with zero attached hydrogens (tertiary/aromatic N) is 3. The summed E-state index contributed by atoms with van der Waals surface area (Å²) < 4.78 is 15.6. The molecule has 1 aliphatic rings. The molecule has 0 N–H and O–H groups in total. The number of carbonyl (C=O) groups is 1. The number of hydrogen-bond donors (Lipinski definition) is 0.